The minimum Gasteiger partial charge on any atom is -0.325 e. The summed E-state index contributed by atoms with van der Waals surface area (Å²) in [6.45, 7) is 3.13. The maximum atomic E-state index is 12.6. The smallest absolute Gasteiger partial charge is 0.244 e. The van der Waals surface area contributed by atoms with E-state index in [0.717, 1.165) is 25.4 Å². The lowest BCUT2D eigenvalue weighted by Gasteiger charge is -2.34. The summed E-state index contributed by atoms with van der Waals surface area (Å²) in [6, 6.07) is 0.513. The Morgan fingerprint density at radius 2 is 2.00 bits per heavy atom. The van der Waals surface area contributed by atoms with Crippen LogP contribution in [0.1, 0.15) is 58.3 Å². The molecule has 1 aliphatic heterocycles. The van der Waals surface area contributed by atoms with Crippen molar-refractivity contribution in [1.82, 2.24) is 10.2 Å². The molecule has 0 bridgehead atoms. The second-order valence-corrected chi connectivity index (χ2v) is 6.32. The summed E-state index contributed by atoms with van der Waals surface area (Å²) in [6.07, 6.45) is 9.62. The van der Waals surface area contributed by atoms with Crippen LogP contribution in [0.2, 0.25) is 0 Å². The van der Waals surface area contributed by atoms with Gasteiger partial charge < -0.3 is 4.90 Å². The Bertz CT molecular complexity index is 309. The zero-order valence-electron chi connectivity index (χ0n) is 10.9. The summed E-state index contributed by atoms with van der Waals surface area (Å²) in [5.41, 5.74) is -0.152. The van der Waals surface area contributed by atoms with E-state index in [1.54, 1.807) is 0 Å². The third kappa shape index (κ3) is 1.88. The average molecular weight is 236 g/mol. The first-order valence-corrected chi connectivity index (χ1v) is 7.27. The van der Waals surface area contributed by atoms with Gasteiger partial charge in [-0.2, -0.15) is 0 Å². The number of nitrogens with zero attached hydrogens (tertiary/aromatic N) is 1. The van der Waals surface area contributed by atoms with Crippen LogP contribution in [0.15, 0.2) is 0 Å². The number of amides is 1. The summed E-state index contributed by atoms with van der Waals surface area (Å²) in [5, 5.41) is 3.52. The molecule has 2 unspecified atom stereocenters. The largest absolute Gasteiger partial charge is 0.325 e. The Morgan fingerprint density at radius 3 is 2.71 bits per heavy atom. The van der Waals surface area contributed by atoms with Crippen LogP contribution in [-0.4, -0.2) is 29.1 Å². The first-order chi connectivity index (χ1) is 8.21. The Balaban J connectivity index is 1.71. The van der Waals surface area contributed by atoms with Crippen LogP contribution in [-0.2, 0) is 4.79 Å². The van der Waals surface area contributed by atoms with E-state index in [1.807, 2.05) is 0 Å². The number of carbonyl (C=O) groups excluding carboxylic acids is 1. The predicted octanol–water partition coefficient (Wildman–Crippen LogP) is 2.27. The van der Waals surface area contributed by atoms with E-state index in [1.165, 1.54) is 38.5 Å². The number of hydrogen-bond donors (Lipinski definition) is 1. The van der Waals surface area contributed by atoms with Gasteiger partial charge in [0.05, 0.1) is 12.2 Å². The van der Waals surface area contributed by atoms with E-state index in [2.05, 4.69) is 17.1 Å². The minimum absolute atomic E-state index is 0.152. The van der Waals surface area contributed by atoms with Gasteiger partial charge in [-0.3, -0.25) is 10.1 Å². The highest BCUT2D eigenvalue weighted by atomic mass is 16.2. The van der Waals surface area contributed by atoms with Gasteiger partial charge in [0.15, 0.2) is 0 Å². The molecule has 0 radical (unpaired) electrons. The van der Waals surface area contributed by atoms with Gasteiger partial charge in [-0.1, -0.05) is 32.6 Å². The summed E-state index contributed by atoms with van der Waals surface area (Å²) in [7, 11) is 0. The Morgan fingerprint density at radius 1 is 1.24 bits per heavy atom. The number of carbonyl (C=O) groups is 1. The van der Waals surface area contributed by atoms with Gasteiger partial charge >= 0.3 is 0 Å². The molecule has 2 aliphatic carbocycles. The third-order valence-corrected chi connectivity index (χ3v) is 5.06. The zero-order valence-corrected chi connectivity index (χ0v) is 10.9. The van der Waals surface area contributed by atoms with Crippen LogP contribution in [0.4, 0.5) is 0 Å². The second kappa shape index (κ2) is 4.27. The summed E-state index contributed by atoms with van der Waals surface area (Å²) in [4.78, 5) is 14.8. The van der Waals surface area contributed by atoms with Crippen molar-refractivity contribution in [2.24, 2.45) is 5.92 Å². The molecular formula is C14H24N2O. The van der Waals surface area contributed by atoms with Crippen LogP contribution in [0.3, 0.4) is 0 Å². The standard InChI is InChI=1S/C14H24N2O/c1-11-5-4-6-12(9-11)16-10-15-14(13(16)17)7-2-3-8-14/h11-12,15H,2-10H2,1H3. The van der Waals surface area contributed by atoms with Crippen molar-refractivity contribution in [1.29, 1.82) is 0 Å². The minimum atomic E-state index is -0.152. The van der Waals surface area contributed by atoms with Crippen molar-refractivity contribution in [2.75, 3.05) is 6.67 Å². The fourth-order valence-electron chi connectivity index (χ4n) is 4.01. The Labute approximate surface area is 104 Å². The van der Waals surface area contributed by atoms with Crippen LogP contribution in [0.25, 0.3) is 0 Å². The molecule has 17 heavy (non-hydrogen) atoms. The summed E-state index contributed by atoms with van der Waals surface area (Å²) < 4.78 is 0. The highest BCUT2D eigenvalue weighted by Crippen LogP contribution is 2.37. The fraction of sp³-hybridized carbons (Fsp3) is 0.929. The lowest BCUT2D eigenvalue weighted by atomic mass is 9.86. The van der Waals surface area contributed by atoms with E-state index in [-0.39, 0.29) is 5.54 Å². The molecule has 0 aromatic carbocycles. The molecule has 1 amide bonds. The second-order valence-electron chi connectivity index (χ2n) is 6.32. The molecule has 3 nitrogen and oxygen atoms in total. The van der Waals surface area contributed by atoms with Gasteiger partial charge in [-0.15, -0.1) is 0 Å². The van der Waals surface area contributed by atoms with Gasteiger partial charge in [-0.25, -0.2) is 0 Å². The molecule has 3 fully saturated rings. The lowest BCUT2D eigenvalue weighted by Crippen LogP contribution is -2.46. The highest BCUT2D eigenvalue weighted by molar-refractivity contribution is 5.89. The van der Waals surface area contributed by atoms with Gasteiger partial charge in [0.2, 0.25) is 5.91 Å². The topological polar surface area (TPSA) is 32.3 Å². The molecule has 0 aromatic rings. The predicted molar refractivity (Wildman–Crippen MR) is 67.5 cm³/mol. The molecule has 2 saturated carbocycles. The lowest BCUT2D eigenvalue weighted by molar-refractivity contribution is -0.134. The van der Waals surface area contributed by atoms with E-state index in [4.69, 9.17) is 0 Å². The van der Waals surface area contributed by atoms with Crippen molar-refractivity contribution in [3.8, 4) is 0 Å². The molecule has 1 saturated heterocycles. The number of hydrogen-bond acceptors (Lipinski definition) is 2. The van der Waals surface area contributed by atoms with Crippen molar-refractivity contribution in [3.63, 3.8) is 0 Å². The molecule has 3 heteroatoms. The van der Waals surface area contributed by atoms with Crippen molar-refractivity contribution in [3.05, 3.63) is 0 Å². The van der Waals surface area contributed by atoms with Gasteiger partial charge in [-0.05, 0) is 31.6 Å². The van der Waals surface area contributed by atoms with E-state index in [9.17, 15) is 4.79 Å². The normalized spacial score (nSPS) is 37.0. The Kier molecular flexibility index (Phi) is 2.89. The monoisotopic (exact) mass is 236 g/mol. The average Bonchev–Trinajstić information content (AvgIpc) is 2.90. The van der Waals surface area contributed by atoms with Crippen molar-refractivity contribution >= 4 is 5.91 Å². The highest BCUT2D eigenvalue weighted by Gasteiger charge is 2.49. The van der Waals surface area contributed by atoms with Crippen LogP contribution < -0.4 is 5.32 Å². The van der Waals surface area contributed by atoms with Crippen molar-refractivity contribution in [2.45, 2.75) is 69.9 Å². The molecule has 96 valence electrons. The molecule has 3 rings (SSSR count). The first-order valence-electron chi connectivity index (χ1n) is 7.27. The third-order valence-electron chi connectivity index (χ3n) is 5.06. The maximum Gasteiger partial charge on any atom is 0.244 e. The van der Waals surface area contributed by atoms with Gasteiger partial charge in [0.25, 0.3) is 0 Å². The quantitative estimate of drug-likeness (QED) is 0.757. The van der Waals surface area contributed by atoms with Gasteiger partial charge in [0.1, 0.15) is 0 Å². The fourth-order valence-corrected chi connectivity index (χ4v) is 4.01. The van der Waals surface area contributed by atoms with Crippen LogP contribution in [0.5, 0.6) is 0 Å². The van der Waals surface area contributed by atoms with Crippen LogP contribution in [0, 0.1) is 5.92 Å². The Hall–Kier alpha value is -0.570. The maximum absolute atomic E-state index is 12.6. The molecule has 0 aromatic heterocycles. The van der Waals surface area contributed by atoms with E-state index < -0.39 is 0 Å². The summed E-state index contributed by atoms with van der Waals surface area (Å²) in [5.74, 6) is 1.20. The summed E-state index contributed by atoms with van der Waals surface area (Å²) >= 11 is 0. The molecule has 1 N–H and O–H groups in total. The first kappa shape index (κ1) is 11.5. The zero-order chi connectivity index (χ0) is 11.9. The SMILES string of the molecule is CC1CCCC(N2CNC3(CCCC3)C2=O)C1. The molecule has 1 heterocycles. The van der Waals surface area contributed by atoms with E-state index in [0.29, 0.717) is 11.9 Å². The van der Waals surface area contributed by atoms with Crippen molar-refractivity contribution < 1.29 is 4.79 Å². The van der Waals surface area contributed by atoms with Crippen LogP contribution >= 0.6 is 0 Å². The molecule has 3 aliphatic rings. The van der Waals surface area contributed by atoms with Gasteiger partial charge in [0, 0.05) is 6.04 Å². The molecule has 2 atom stereocenters. The number of rotatable bonds is 1. The molecule has 1 spiro atoms. The van der Waals surface area contributed by atoms with E-state index >= 15 is 0 Å². The molecular weight excluding hydrogens is 212 g/mol. The number of nitrogens with one attached hydrogen (secondary N) is 1.